The predicted octanol–water partition coefficient (Wildman–Crippen LogP) is 5.99. The number of hydrogen-bond donors (Lipinski definition) is 2. The van der Waals surface area contributed by atoms with Crippen molar-refractivity contribution in [1.82, 2.24) is 0 Å². The molecule has 0 aromatic heterocycles. The Morgan fingerprint density at radius 3 is 2.34 bits per heavy atom. The molecule has 0 saturated carbocycles. The molecule has 0 radical (unpaired) electrons. The van der Waals surface area contributed by atoms with E-state index in [-0.39, 0.29) is 17.2 Å². The van der Waals surface area contributed by atoms with Gasteiger partial charge in [-0.3, -0.25) is 15.2 Å². The molecule has 2 N–H and O–H groups in total. The van der Waals surface area contributed by atoms with Gasteiger partial charge in [0, 0.05) is 15.7 Å². The molecular weight excluding hydrogens is 464 g/mol. The van der Waals surface area contributed by atoms with Crippen molar-refractivity contribution in [1.29, 1.82) is 0 Å². The summed E-state index contributed by atoms with van der Waals surface area (Å²) in [7, 11) is 0. The molecule has 1 aliphatic heterocycles. The van der Waals surface area contributed by atoms with Gasteiger partial charge in [0.15, 0.2) is 5.71 Å². The Morgan fingerprint density at radius 1 is 0.969 bits per heavy atom. The first-order valence-electron chi connectivity index (χ1n) is 10.5. The van der Waals surface area contributed by atoms with Crippen LogP contribution >= 0.6 is 15.9 Å². The summed E-state index contributed by atoms with van der Waals surface area (Å²) in [5.41, 5.74) is 8.22. The van der Waals surface area contributed by atoms with Gasteiger partial charge >= 0.3 is 0 Å². The van der Waals surface area contributed by atoms with Crippen LogP contribution in [0.25, 0.3) is 0 Å². The van der Waals surface area contributed by atoms with Crippen molar-refractivity contribution >= 4 is 44.6 Å². The maximum Gasteiger partial charge on any atom is 0.278 e. The average molecular weight is 489 g/mol. The van der Waals surface area contributed by atoms with E-state index in [1.54, 1.807) is 0 Å². The standard InChI is InChI=1S/C26H25BrN4O/c1-17-8-12-20(13-9-17)28-25(32)24(31-30-21-14-10-19(27)11-15-21)23-22-7-5-4-6-18(22)16-26(2,3)29-23/h4-15,30H,16H2,1-3H3,(H,28,32)/b31-24-. The Bertz CT molecular complexity index is 1200. The molecule has 1 heterocycles. The molecule has 4 rings (SSSR count). The number of benzene rings is 3. The van der Waals surface area contributed by atoms with Crippen LogP contribution < -0.4 is 10.7 Å². The minimum atomic E-state index is -0.341. The van der Waals surface area contributed by atoms with Crippen LogP contribution in [0.5, 0.6) is 0 Å². The number of nitrogens with zero attached hydrogens (tertiary/aromatic N) is 2. The van der Waals surface area contributed by atoms with E-state index in [0.29, 0.717) is 11.4 Å². The lowest BCUT2D eigenvalue weighted by atomic mass is 9.85. The van der Waals surface area contributed by atoms with E-state index in [1.165, 1.54) is 0 Å². The van der Waals surface area contributed by atoms with Crippen LogP contribution in [0.4, 0.5) is 11.4 Å². The van der Waals surface area contributed by atoms with E-state index in [1.807, 2.05) is 73.7 Å². The number of carbonyl (C=O) groups is 1. The molecule has 5 nitrogen and oxygen atoms in total. The van der Waals surface area contributed by atoms with Crippen molar-refractivity contribution in [3.63, 3.8) is 0 Å². The van der Waals surface area contributed by atoms with Crippen molar-refractivity contribution in [3.8, 4) is 0 Å². The Hall–Kier alpha value is -3.25. The van der Waals surface area contributed by atoms with Gasteiger partial charge in [-0.1, -0.05) is 57.9 Å². The fourth-order valence-corrected chi connectivity index (χ4v) is 3.90. The molecular formula is C26H25BrN4O. The maximum atomic E-state index is 13.4. The van der Waals surface area contributed by atoms with E-state index in [4.69, 9.17) is 4.99 Å². The molecule has 6 heteroatoms. The fourth-order valence-electron chi connectivity index (χ4n) is 3.64. The van der Waals surface area contributed by atoms with Crippen molar-refractivity contribution in [2.45, 2.75) is 32.7 Å². The number of carbonyl (C=O) groups excluding carboxylic acids is 1. The highest BCUT2D eigenvalue weighted by Gasteiger charge is 2.31. The Labute approximate surface area is 196 Å². The molecule has 0 spiro atoms. The zero-order chi connectivity index (χ0) is 22.7. The van der Waals surface area contributed by atoms with Gasteiger partial charge in [0.25, 0.3) is 5.91 Å². The highest BCUT2D eigenvalue weighted by Crippen LogP contribution is 2.28. The van der Waals surface area contributed by atoms with E-state index in [9.17, 15) is 4.79 Å². The van der Waals surface area contributed by atoms with Gasteiger partial charge < -0.3 is 5.32 Å². The van der Waals surface area contributed by atoms with Crippen LogP contribution in [-0.2, 0) is 11.2 Å². The topological polar surface area (TPSA) is 65.8 Å². The molecule has 0 unspecified atom stereocenters. The summed E-state index contributed by atoms with van der Waals surface area (Å²) in [5.74, 6) is -0.315. The van der Waals surface area contributed by atoms with E-state index in [0.717, 1.165) is 33.3 Å². The summed E-state index contributed by atoms with van der Waals surface area (Å²) in [5, 5.41) is 7.51. The van der Waals surface area contributed by atoms with Crippen molar-refractivity contribution in [2.24, 2.45) is 10.1 Å². The summed E-state index contributed by atoms with van der Waals surface area (Å²) in [6.45, 7) is 6.15. The summed E-state index contributed by atoms with van der Waals surface area (Å²) in [4.78, 5) is 18.4. The summed E-state index contributed by atoms with van der Waals surface area (Å²) >= 11 is 3.44. The fraction of sp³-hybridized carbons (Fsp3) is 0.192. The van der Waals surface area contributed by atoms with Crippen LogP contribution in [0.15, 0.2) is 87.4 Å². The van der Waals surface area contributed by atoms with Crippen molar-refractivity contribution in [3.05, 3.63) is 94.0 Å². The van der Waals surface area contributed by atoms with Gasteiger partial charge in [-0.25, -0.2) is 0 Å². The molecule has 3 aromatic carbocycles. The van der Waals surface area contributed by atoms with E-state index >= 15 is 0 Å². The average Bonchev–Trinajstić information content (AvgIpc) is 2.76. The third-order valence-electron chi connectivity index (χ3n) is 5.20. The number of rotatable bonds is 5. The number of hydrogen-bond acceptors (Lipinski definition) is 4. The minimum Gasteiger partial charge on any atom is -0.321 e. The zero-order valence-corrected chi connectivity index (χ0v) is 19.9. The van der Waals surface area contributed by atoms with Crippen LogP contribution in [0.3, 0.4) is 0 Å². The second-order valence-electron chi connectivity index (χ2n) is 8.51. The number of nitrogens with one attached hydrogen (secondary N) is 2. The summed E-state index contributed by atoms with van der Waals surface area (Å²) < 4.78 is 0.969. The van der Waals surface area contributed by atoms with Crippen LogP contribution in [-0.4, -0.2) is 22.9 Å². The second-order valence-corrected chi connectivity index (χ2v) is 9.42. The first kappa shape index (κ1) is 22.0. The van der Waals surface area contributed by atoms with Gasteiger partial charge in [0.2, 0.25) is 0 Å². The molecule has 3 aromatic rings. The minimum absolute atomic E-state index is 0.244. The number of aryl methyl sites for hydroxylation is 1. The molecule has 162 valence electrons. The molecule has 0 saturated heterocycles. The predicted molar refractivity (Wildman–Crippen MR) is 136 cm³/mol. The second kappa shape index (κ2) is 9.09. The summed E-state index contributed by atoms with van der Waals surface area (Å²) in [6.07, 6.45) is 0.805. The monoisotopic (exact) mass is 488 g/mol. The molecule has 0 aliphatic carbocycles. The lowest BCUT2D eigenvalue weighted by Crippen LogP contribution is -2.38. The van der Waals surface area contributed by atoms with Crippen LogP contribution in [0.2, 0.25) is 0 Å². The molecule has 0 bridgehead atoms. The Kier molecular flexibility index (Phi) is 6.24. The number of aliphatic imine (C=N–C) groups is 1. The smallest absolute Gasteiger partial charge is 0.278 e. The molecule has 1 aliphatic rings. The van der Waals surface area contributed by atoms with Gasteiger partial charge in [-0.2, -0.15) is 5.10 Å². The van der Waals surface area contributed by atoms with Gasteiger partial charge in [-0.05, 0) is 69.2 Å². The first-order chi connectivity index (χ1) is 15.3. The number of amides is 1. The SMILES string of the molecule is Cc1ccc(NC(=O)/C(=N\Nc2ccc(Br)cc2)C2=NC(C)(C)Cc3ccccc32)cc1. The number of halogens is 1. The lowest BCUT2D eigenvalue weighted by Gasteiger charge is -2.29. The highest BCUT2D eigenvalue weighted by molar-refractivity contribution is 9.10. The normalized spacial score (nSPS) is 14.9. The van der Waals surface area contributed by atoms with Crippen LogP contribution in [0, 0.1) is 6.92 Å². The number of hydrazone groups is 1. The zero-order valence-electron chi connectivity index (χ0n) is 18.3. The molecule has 32 heavy (non-hydrogen) atoms. The van der Waals surface area contributed by atoms with Gasteiger partial charge in [0.05, 0.1) is 16.9 Å². The first-order valence-corrected chi connectivity index (χ1v) is 11.3. The largest absolute Gasteiger partial charge is 0.321 e. The van der Waals surface area contributed by atoms with Gasteiger partial charge in [-0.15, -0.1) is 0 Å². The van der Waals surface area contributed by atoms with Crippen molar-refractivity contribution in [2.75, 3.05) is 10.7 Å². The number of anilines is 2. The third kappa shape index (κ3) is 5.14. The highest BCUT2D eigenvalue weighted by atomic mass is 79.9. The quantitative estimate of drug-likeness (QED) is 0.342. The van der Waals surface area contributed by atoms with Crippen LogP contribution in [0.1, 0.15) is 30.5 Å². The van der Waals surface area contributed by atoms with E-state index in [2.05, 4.69) is 51.7 Å². The van der Waals surface area contributed by atoms with E-state index < -0.39 is 0 Å². The Morgan fingerprint density at radius 2 is 1.62 bits per heavy atom. The third-order valence-corrected chi connectivity index (χ3v) is 5.73. The molecule has 0 fully saturated rings. The summed E-state index contributed by atoms with van der Waals surface area (Å²) in [6, 6.07) is 23.4. The molecule has 0 atom stereocenters. The molecule has 1 amide bonds. The lowest BCUT2D eigenvalue weighted by molar-refractivity contribution is -0.110. The Balaban J connectivity index is 1.75. The maximum absolute atomic E-state index is 13.4. The van der Waals surface area contributed by atoms with Gasteiger partial charge in [0.1, 0.15) is 0 Å². The number of fused-ring (bicyclic) bond motifs is 1. The van der Waals surface area contributed by atoms with Crippen molar-refractivity contribution < 1.29 is 4.79 Å².